The number of anilines is 2. The van der Waals surface area contributed by atoms with Gasteiger partial charge in [0.25, 0.3) is 0 Å². The van der Waals surface area contributed by atoms with E-state index in [4.69, 9.17) is 16.3 Å². The van der Waals surface area contributed by atoms with Crippen molar-refractivity contribution in [3.63, 3.8) is 0 Å². The Labute approximate surface area is 212 Å². The summed E-state index contributed by atoms with van der Waals surface area (Å²) in [4.78, 5) is 17.5. The van der Waals surface area contributed by atoms with Crippen LogP contribution in [-0.4, -0.2) is 31.0 Å². The van der Waals surface area contributed by atoms with Crippen LogP contribution in [0.3, 0.4) is 0 Å². The molecule has 8 unspecified atom stereocenters. The van der Waals surface area contributed by atoms with Crippen molar-refractivity contribution >= 4 is 17.2 Å². The number of pyridine rings is 1. The Kier molecular flexibility index (Phi) is 8.42. The average molecular weight is 485 g/mol. The van der Waals surface area contributed by atoms with E-state index in [-0.39, 0.29) is 23.7 Å². The number of carbonyl (C=O) groups excluding carboxylic acids is 1. The number of carbonyl (C=O) groups is 1. The van der Waals surface area contributed by atoms with E-state index < -0.39 is 0 Å². The molecule has 0 spiro atoms. The molecule has 0 radical (unpaired) electrons. The summed E-state index contributed by atoms with van der Waals surface area (Å²) in [6.45, 7) is 7.58. The molecule has 35 heavy (non-hydrogen) atoms. The Balaban J connectivity index is 0.00000141. The van der Waals surface area contributed by atoms with E-state index in [1.807, 2.05) is 21.0 Å². The van der Waals surface area contributed by atoms with Crippen LogP contribution < -0.4 is 16.6 Å². The Morgan fingerprint density at radius 2 is 1.89 bits per heavy atom. The van der Waals surface area contributed by atoms with Crippen molar-refractivity contribution in [3.05, 3.63) is 18.5 Å². The van der Waals surface area contributed by atoms with Crippen molar-refractivity contribution in [1.82, 2.24) is 4.98 Å². The average Bonchev–Trinajstić information content (AvgIpc) is 3.23. The van der Waals surface area contributed by atoms with E-state index in [2.05, 4.69) is 11.9 Å². The number of ketones is 1. The highest BCUT2D eigenvalue weighted by Crippen LogP contribution is 2.64. The second-order valence-corrected chi connectivity index (χ2v) is 11.8. The van der Waals surface area contributed by atoms with Gasteiger partial charge in [-0.05, 0) is 105 Å². The van der Waals surface area contributed by atoms with Crippen molar-refractivity contribution < 1.29 is 9.53 Å². The molecule has 1 aromatic heterocycles. The molecule has 196 valence electrons. The fourth-order valence-corrected chi connectivity index (χ4v) is 8.89. The largest absolute Gasteiger partial charge is 0.396 e. The summed E-state index contributed by atoms with van der Waals surface area (Å²) in [5.41, 5.74) is 7.36. The molecule has 0 saturated heterocycles. The third-order valence-corrected chi connectivity index (χ3v) is 10.3. The van der Waals surface area contributed by atoms with Crippen LogP contribution in [0.1, 0.15) is 78.6 Å². The van der Waals surface area contributed by atoms with Gasteiger partial charge in [0.05, 0.1) is 24.1 Å². The Morgan fingerprint density at radius 3 is 2.63 bits per heavy atom. The zero-order chi connectivity index (χ0) is 25.2. The number of hydrogen-bond donors (Lipinski definition) is 2. The minimum atomic E-state index is 0.118. The van der Waals surface area contributed by atoms with Crippen LogP contribution in [0.2, 0.25) is 0 Å². The first-order chi connectivity index (χ1) is 16.9. The summed E-state index contributed by atoms with van der Waals surface area (Å²) in [5.74, 6) is 11.6. The molecule has 0 aromatic carbocycles. The number of hydrogen-bond acceptors (Lipinski definition) is 6. The third kappa shape index (κ3) is 4.98. The van der Waals surface area contributed by atoms with Crippen molar-refractivity contribution in [2.75, 3.05) is 31.0 Å². The van der Waals surface area contributed by atoms with Gasteiger partial charge in [-0.25, -0.2) is 5.84 Å². The summed E-state index contributed by atoms with van der Waals surface area (Å²) in [7, 11) is 1.85. The molecule has 1 aromatic rings. The van der Waals surface area contributed by atoms with Gasteiger partial charge in [0.1, 0.15) is 0 Å². The van der Waals surface area contributed by atoms with Gasteiger partial charge in [-0.3, -0.25) is 9.78 Å². The molecule has 0 amide bonds. The number of aromatic nitrogens is 1. The van der Waals surface area contributed by atoms with E-state index in [1.54, 1.807) is 18.5 Å². The van der Waals surface area contributed by atoms with Gasteiger partial charge in [-0.2, -0.15) is 0 Å². The fraction of sp³-hybridized carbons (Fsp3) is 0.793. The molecule has 6 heteroatoms. The summed E-state index contributed by atoms with van der Waals surface area (Å²) >= 11 is 0. The van der Waals surface area contributed by atoms with E-state index in [0.717, 1.165) is 42.6 Å². The fourth-order valence-electron chi connectivity index (χ4n) is 8.89. The lowest BCUT2D eigenvalue weighted by Crippen LogP contribution is -2.50. The molecular formula is C29H48N4O2. The monoisotopic (exact) mass is 484 g/mol. The summed E-state index contributed by atoms with van der Waals surface area (Å²) in [5, 5.41) is 1.52. The number of Topliss-reactive ketones (excluding diaryl/α,β-unsaturated/α-hetero) is 1. The molecule has 1 heterocycles. The normalized spacial score (nSPS) is 37.8. The van der Waals surface area contributed by atoms with Gasteiger partial charge in [0.2, 0.25) is 0 Å². The molecule has 8 atom stereocenters. The van der Waals surface area contributed by atoms with Gasteiger partial charge in [0, 0.05) is 25.8 Å². The summed E-state index contributed by atoms with van der Waals surface area (Å²) < 4.78 is 5.48. The van der Waals surface area contributed by atoms with Crippen LogP contribution in [0.4, 0.5) is 11.4 Å². The van der Waals surface area contributed by atoms with E-state index in [9.17, 15) is 4.79 Å². The maximum absolute atomic E-state index is 13.5. The number of nitrogen functional groups attached to an aromatic ring is 1. The van der Waals surface area contributed by atoms with Crippen LogP contribution >= 0.6 is 0 Å². The number of nitrogens with two attached hydrogens (primary N) is 2. The minimum absolute atomic E-state index is 0.118. The van der Waals surface area contributed by atoms with Crippen LogP contribution in [0.15, 0.2) is 18.5 Å². The van der Waals surface area contributed by atoms with Crippen molar-refractivity contribution in [3.8, 4) is 0 Å². The van der Waals surface area contributed by atoms with Crippen molar-refractivity contribution in [2.24, 2.45) is 52.7 Å². The summed E-state index contributed by atoms with van der Waals surface area (Å²) in [6.07, 6.45) is 14.8. The highest BCUT2D eigenvalue weighted by molar-refractivity contribution is 5.87. The lowest BCUT2D eigenvalue weighted by Gasteiger charge is -2.56. The number of ether oxygens (including phenoxy) is 1. The number of nitrogens with zero attached hydrogens (tertiary/aromatic N) is 2. The predicted octanol–water partition coefficient (Wildman–Crippen LogP) is 5.47. The molecule has 0 bridgehead atoms. The highest BCUT2D eigenvalue weighted by Gasteiger charge is 2.58. The highest BCUT2D eigenvalue weighted by atomic mass is 16.5. The number of methoxy groups -OCH3 is 1. The van der Waals surface area contributed by atoms with Crippen molar-refractivity contribution in [1.29, 1.82) is 0 Å². The SMILES string of the molecule is CC.COCC1CCC2C(CCC3C2CCC2(C)C(C(=O)CN(N)c4ccncc4N)CCC32)C1. The summed E-state index contributed by atoms with van der Waals surface area (Å²) in [6, 6.07) is 1.78. The molecule has 6 nitrogen and oxygen atoms in total. The van der Waals surface area contributed by atoms with Crippen LogP contribution in [-0.2, 0) is 9.53 Å². The number of rotatable bonds is 6. The lowest BCUT2D eigenvalue weighted by atomic mass is 9.49. The first kappa shape index (κ1) is 26.4. The molecule has 4 fully saturated rings. The van der Waals surface area contributed by atoms with E-state index >= 15 is 0 Å². The van der Waals surface area contributed by atoms with Gasteiger partial charge in [0.15, 0.2) is 5.78 Å². The van der Waals surface area contributed by atoms with Gasteiger partial charge >= 0.3 is 0 Å². The molecular weight excluding hydrogens is 436 g/mol. The second kappa shape index (κ2) is 11.2. The smallest absolute Gasteiger partial charge is 0.157 e. The number of hydrazine groups is 1. The maximum atomic E-state index is 13.5. The molecule has 4 aliphatic rings. The van der Waals surface area contributed by atoms with Gasteiger partial charge in [-0.15, -0.1) is 0 Å². The lowest BCUT2D eigenvalue weighted by molar-refractivity contribution is -0.129. The Morgan fingerprint density at radius 1 is 1.11 bits per heavy atom. The van der Waals surface area contributed by atoms with E-state index in [0.29, 0.717) is 17.3 Å². The zero-order valence-electron chi connectivity index (χ0n) is 22.4. The van der Waals surface area contributed by atoms with E-state index in [1.165, 1.54) is 56.4 Å². The second-order valence-electron chi connectivity index (χ2n) is 11.8. The third-order valence-electron chi connectivity index (χ3n) is 10.3. The first-order valence-electron chi connectivity index (χ1n) is 14.2. The quantitative estimate of drug-likeness (QED) is 0.411. The minimum Gasteiger partial charge on any atom is -0.396 e. The van der Waals surface area contributed by atoms with Crippen LogP contribution in [0.25, 0.3) is 0 Å². The Hall–Kier alpha value is -1.66. The molecule has 4 aliphatic carbocycles. The first-order valence-corrected chi connectivity index (χ1v) is 14.2. The number of fused-ring (bicyclic) bond motifs is 5. The topological polar surface area (TPSA) is 94.5 Å². The predicted molar refractivity (Wildman–Crippen MR) is 143 cm³/mol. The molecule has 5 rings (SSSR count). The van der Waals surface area contributed by atoms with Gasteiger partial charge < -0.3 is 15.5 Å². The molecule has 0 aliphatic heterocycles. The molecule has 4 saturated carbocycles. The Bertz CT molecular complexity index is 863. The maximum Gasteiger partial charge on any atom is 0.157 e. The van der Waals surface area contributed by atoms with Crippen LogP contribution in [0, 0.1) is 46.8 Å². The van der Waals surface area contributed by atoms with Crippen molar-refractivity contribution in [2.45, 2.75) is 78.6 Å². The molecule has 4 N–H and O–H groups in total. The zero-order valence-corrected chi connectivity index (χ0v) is 22.4. The van der Waals surface area contributed by atoms with Crippen LogP contribution in [0.5, 0.6) is 0 Å². The standard InChI is InChI=1S/C27H42N4O2.C2H6/c1-27-11-9-20-19-5-3-17(16-33-2)13-18(19)4-6-21(20)22(27)7-8-23(27)26(32)15-31(29)25-10-12-30-14-24(25)28;1-2/h10,12,14,17-23H,3-9,11,13,15-16,28-29H2,1-2H3;1-2H3. The van der Waals surface area contributed by atoms with Gasteiger partial charge in [-0.1, -0.05) is 20.8 Å².